The molecular formula is C16H19N3O2. The summed E-state index contributed by atoms with van der Waals surface area (Å²) in [7, 11) is 0. The van der Waals surface area contributed by atoms with Gasteiger partial charge in [0.1, 0.15) is 0 Å². The number of hydrogen-bond donors (Lipinski definition) is 2. The molecule has 2 unspecified atom stereocenters. The second-order valence-corrected chi connectivity index (χ2v) is 5.73. The molecule has 0 radical (unpaired) electrons. The first-order chi connectivity index (χ1) is 10.1. The summed E-state index contributed by atoms with van der Waals surface area (Å²) in [6, 6.07) is 7.67. The Labute approximate surface area is 123 Å². The summed E-state index contributed by atoms with van der Waals surface area (Å²) in [4.78, 5) is 29.2. The van der Waals surface area contributed by atoms with E-state index >= 15 is 0 Å². The largest absolute Gasteiger partial charge is 0.369 e. The number of likely N-dealkylation sites (tertiary alicyclic amines) is 1. The molecule has 21 heavy (non-hydrogen) atoms. The predicted octanol–water partition coefficient (Wildman–Crippen LogP) is 1.89. The minimum Gasteiger partial charge on any atom is -0.369 e. The lowest BCUT2D eigenvalue weighted by Gasteiger charge is -2.37. The van der Waals surface area contributed by atoms with Crippen LogP contribution in [0.2, 0.25) is 0 Å². The van der Waals surface area contributed by atoms with Gasteiger partial charge in [-0.2, -0.15) is 0 Å². The van der Waals surface area contributed by atoms with E-state index in [9.17, 15) is 9.59 Å². The Hall–Kier alpha value is -2.30. The van der Waals surface area contributed by atoms with Crippen molar-refractivity contribution in [2.75, 3.05) is 6.54 Å². The Balaban J connectivity index is 1.93. The van der Waals surface area contributed by atoms with Crippen LogP contribution in [-0.2, 0) is 4.79 Å². The number of piperidine rings is 1. The molecule has 5 heteroatoms. The summed E-state index contributed by atoms with van der Waals surface area (Å²) in [5, 5.41) is 0.913. The zero-order valence-corrected chi connectivity index (χ0v) is 12.0. The quantitative estimate of drug-likeness (QED) is 0.883. The molecule has 1 saturated heterocycles. The van der Waals surface area contributed by atoms with Gasteiger partial charge in [-0.1, -0.05) is 6.07 Å². The maximum Gasteiger partial charge on any atom is 0.254 e. The van der Waals surface area contributed by atoms with E-state index in [0.717, 1.165) is 23.7 Å². The van der Waals surface area contributed by atoms with Crippen molar-refractivity contribution < 1.29 is 9.59 Å². The molecule has 1 fully saturated rings. The van der Waals surface area contributed by atoms with Crippen LogP contribution in [0.4, 0.5) is 0 Å². The van der Waals surface area contributed by atoms with E-state index in [-0.39, 0.29) is 23.8 Å². The van der Waals surface area contributed by atoms with Gasteiger partial charge in [-0.15, -0.1) is 0 Å². The van der Waals surface area contributed by atoms with Gasteiger partial charge >= 0.3 is 0 Å². The first-order valence-corrected chi connectivity index (χ1v) is 7.24. The Morgan fingerprint density at radius 3 is 2.86 bits per heavy atom. The van der Waals surface area contributed by atoms with Crippen LogP contribution in [0.1, 0.15) is 30.1 Å². The fourth-order valence-corrected chi connectivity index (χ4v) is 3.05. The smallest absolute Gasteiger partial charge is 0.254 e. The number of hydrogen-bond acceptors (Lipinski definition) is 2. The van der Waals surface area contributed by atoms with E-state index in [1.54, 1.807) is 4.90 Å². The van der Waals surface area contributed by atoms with E-state index in [1.807, 2.05) is 37.4 Å². The summed E-state index contributed by atoms with van der Waals surface area (Å²) in [6.07, 6.45) is 3.39. The van der Waals surface area contributed by atoms with Crippen molar-refractivity contribution >= 4 is 22.7 Å². The molecule has 0 bridgehead atoms. The number of carbonyl (C=O) groups excluding carboxylic acids is 2. The van der Waals surface area contributed by atoms with E-state index < -0.39 is 0 Å². The minimum atomic E-state index is -0.320. The van der Waals surface area contributed by atoms with Crippen molar-refractivity contribution in [1.82, 2.24) is 9.88 Å². The Bertz CT molecular complexity index is 692. The number of aromatic nitrogens is 1. The van der Waals surface area contributed by atoms with Crippen LogP contribution < -0.4 is 5.73 Å². The third-order valence-corrected chi connectivity index (χ3v) is 4.37. The molecule has 5 nitrogen and oxygen atoms in total. The predicted molar refractivity (Wildman–Crippen MR) is 80.7 cm³/mol. The number of aromatic amines is 1. The molecule has 3 rings (SSSR count). The summed E-state index contributed by atoms with van der Waals surface area (Å²) in [5.74, 6) is -0.589. The van der Waals surface area contributed by atoms with E-state index in [1.165, 1.54) is 0 Å². The fraction of sp³-hybridized carbons (Fsp3) is 0.375. The monoisotopic (exact) mass is 285 g/mol. The number of amides is 2. The number of nitrogens with zero attached hydrogens (tertiary/aromatic N) is 1. The molecule has 1 aliphatic rings. The highest BCUT2D eigenvalue weighted by Gasteiger charge is 2.32. The lowest BCUT2D eigenvalue weighted by molar-refractivity contribution is -0.123. The van der Waals surface area contributed by atoms with Crippen LogP contribution in [0.5, 0.6) is 0 Å². The topological polar surface area (TPSA) is 79.2 Å². The Morgan fingerprint density at radius 1 is 1.29 bits per heavy atom. The van der Waals surface area contributed by atoms with Crippen LogP contribution >= 0.6 is 0 Å². The number of rotatable bonds is 2. The molecule has 0 spiro atoms. The average Bonchev–Trinajstić information content (AvgIpc) is 2.95. The number of carbonyl (C=O) groups is 2. The highest BCUT2D eigenvalue weighted by molar-refractivity contribution is 6.06. The fourth-order valence-electron chi connectivity index (χ4n) is 3.05. The van der Waals surface area contributed by atoms with Crippen LogP contribution in [0.25, 0.3) is 10.9 Å². The van der Waals surface area contributed by atoms with Crippen molar-refractivity contribution in [3.63, 3.8) is 0 Å². The van der Waals surface area contributed by atoms with Gasteiger partial charge in [0.2, 0.25) is 5.91 Å². The maximum absolute atomic E-state index is 12.9. The summed E-state index contributed by atoms with van der Waals surface area (Å²) >= 11 is 0. The zero-order valence-electron chi connectivity index (χ0n) is 12.0. The lowest BCUT2D eigenvalue weighted by Crippen LogP contribution is -2.48. The van der Waals surface area contributed by atoms with Gasteiger partial charge in [0.05, 0.1) is 5.92 Å². The maximum atomic E-state index is 12.9. The van der Waals surface area contributed by atoms with Gasteiger partial charge in [-0.3, -0.25) is 9.59 Å². The van der Waals surface area contributed by atoms with E-state index in [0.29, 0.717) is 12.1 Å². The summed E-state index contributed by atoms with van der Waals surface area (Å²) in [6.45, 7) is 2.43. The van der Waals surface area contributed by atoms with Gasteiger partial charge in [0.15, 0.2) is 0 Å². The van der Waals surface area contributed by atoms with Gasteiger partial charge < -0.3 is 15.6 Å². The SMILES string of the molecule is CC1CCC(C(N)=O)CN1C(=O)c1cccc2[nH]ccc12. The van der Waals surface area contributed by atoms with Gasteiger partial charge in [-0.05, 0) is 38.0 Å². The molecule has 2 atom stereocenters. The standard InChI is InChI=1S/C16H19N3O2/c1-10-5-6-11(15(17)20)9-19(10)16(21)13-3-2-4-14-12(13)7-8-18-14/h2-4,7-8,10-11,18H,5-6,9H2,1H3,(H2,17,20). The number of fused-ring (bicyclic) bond motifs is 1. The molecule has 1 aromatic carbocycles. The second kappa shape index (κ2) is 5.24. The Kier molecular flexibility index (Phi) is 3.41. The molecule has 1 aliphatic heterocycles. The van der Waals surface area contributed by atoms with Crippen molar-refractivity contribution in [2.24, 2.45) is 11.7 Å². The molecule has 2 heterocycles. The first kappa shape index (κ1) is 13.7. The van der Waals surface area contributed by atoms with E-state index in [2.05, 4.69) is 4.98 Å². The van der Waals surface area contributed by atoms with Gasteiger partial charge in [-0.25, -0.2) is 0 Å². The van der Waals surface area contributed by atoms with Crippen molar-refractivity contribution in [3.8, 4) is 0 Å². The van der Waals surface area contributed by atoms with Crippen LogP contribution in [-0.4, -0.2) is 34.3 Å². The lowest BCUT2D eigenvalue weighted by atomic mass is 9.92. The highest BCUT2D eigenvalue weighted by Crippen LogP contribution is 2.26. The third-order valence-electron chi connectivity index (χ3n) is 4.37. The number of benzene rings is 1. The molecule has 3 N–H and O–H groups in total. The molecule has 110 valence electrons. The molecule has 2 aromatic rings. The second-order valence-electron chi connectivity index (χ2n) is 5.73. The normalized spacial score (nSPS) is 22.4. The number of nitrogens with two attached hydrogens (primary N) is 1. The third kappa shape index (κ3) is 2.39. The van der Waals surface area contributed by atoms with Gasteiger partial charge in [0, 0.05) is 35.2 Å². The molecule has 0 aliphatic carbocycles. The molecule has 0 saturated carbocycles. The zero-order chi connectivity index (χ0) is 15.0. The van der Waals surface area contributed by atoms with E-state index in [4.69, 9.17) is 5.73 Å². The summed E-state index contributed by atoms with van der Waals surface area (Å²) < 4.78 is 0. The first-order valence-electron chi connectivity index (χ1n) is 7.24. The van der Waals surface area contributed by atoms with Crippen LogP contribution in [0, 0.1) is 5.92 Å². The number of primary amides is 1. The van der Waals surface area contributed by atoms with Crippen LogP contribution in [0.3, 0.4) is 0 Å². The molecule has 1 aromatic heterocycles. The molecular weight excluding hydrogens is 266 g/mol. The van der Waals surface area contributed by atoms with Crippen molar-refractivity contribution in [3.05, 3.63) is 36.0 Å². The van der Waals surface area contributed by atoms with Gasteiger partial charge in [0.25, 0.3) is 5.91 Å². The average molecular weight is 285 g/mol. The minimum absolute atomic E-state index is 0.0290. The summed E-state index contributed by atoms with van der Waals surface area (Å²) in [5.41, 5.74) is 7.02. The van der Waals surface area contributed by atoms with Crippen LogP contribution in [0.15, 0.2) is 30.5 Å². The van der Waals surface area contributed by atoms with Crippen molar-refractivity contribution in [2.45, 2.75) is 25.8 Å². The Morgan fingerprint density at radius 2 is 2.10 bits per heavy atom. The number of H-pyrrole nitrogens is 1. The van der Waals surface area contributed by atoms with Crippen molar-refractivity contribution in [1.29, 1.82) is 0 Å². The molecule has 2 amide bonds. The number of nitrogens with one attached hydrogen (secondary N) is 1. The highest BCUT2D eigenvalue weighted by atomic mass is 16.2.